The molecule has 0 saturated heterocycles. The fraction of sp³-hybridized carbons (Fsp3) is 0.643. The molecular weight excluding hydrogens is 274 g/mol. The number of carboxylic acids is 1. The predicted octanol–water partition coefficient (Wildman–Crippen LogP) is 2.02. The van der Waals surface area contributed by atoms with Crippen LogP contribution in [0.4, 0.5) is 4.79 Å². The maximum Gasteiger partial charge on any atom is 0.407 e. The van der Waals surface area contributed by atoms with E-state index in [4.69, 9.17) is 9.84 Å². The number of rotatable bonds is 6. The minimum atomic E-state index is -0.894. The van der Waals surface area contributed by atoms with E-state index >= 15 is 0 Å². The van der Waals surface area contributed by atoms with Crippen LogP contribution in [0, 0.1) is 6.92 Å². The zero-order valence-corrected chi connectivity index (χ0v) is 12.9. The first-order chi connectivity index (χ1) is 9.67. The third kappa shape index (κ3) is 6.78. The molecule has 1 aromatic rings. The minimum absolute atomic E-state index is 0.0165. The van der Waals surface area contributed by atoms with Crippen LogP contribution in [-0.2, 0) is 16.0 Å². The van der Waals surface area contributed by atoms with Crippen molar-refractivity contribution in [1.29, 1.82) is 0 Å². The summed E-state index contributed by atoms with van der Waals surface area (Å²) in [7, 11) is 0. The lowest BCUT2D eigenvalue weighted by atomic mass is 10.0. The van der Waals surface area contributed by atoms with Gasteiger partial charge in [0.2, 0.25) is 0 Å². The summed E-state index contributed by atoms with van der Waals surface area (Å²) in [5.41, 5.74) is 1.26. The highest BCUT2D eigenvalue weighted by atomic mass is 16.6. The van der Waals surface area contributed by atoms with E-state index in [9.17, 15) is 9.59 Å². The summed E-state index contributed by atoms with van der Waals surface area (Å²) >= 11 is 0. The summed E-state index contributed by atoms with van der Waals surface area (Å²) in [5, 5.41) is 18.3. The first-order valence-corrected chi connectivity index (χ1v) is 6.87. The second-order valence-corrected chi connectivity index (χ2v) is 6.00. The van der Waals surface area contributed by atoms with Crippen LogP contribution in [0.1, 0.15) is 44.9 Å². The Hall–Kier alpha value is -2.05. The highest BCUT2D eigenvalue weighted by molar-refractivity contribution is 5.69. The molecule has 1 atom stereocenters. The topological polar surface area (TPSA) is 104 Å². The predicted molar refractivity (Wildman–Crippen MR) is 77.1 cm³/mol. The number of carboxylic acid groups (broad SMARTS) is 1. The molecule has 1 heterocycles. The summed E-state index contributed by atoms with van der Waals surface area (Å²) in [5.74, 6) is -0.894. The molecule has 3 N–H and O–H groups in total. The molecule has 0 bridgehead atoms. The standard InChI is InChI=1S/C14H23N3O4/c1-9-10(8-15-17-9)7-11(5-6-12(18)19)16-13(20)21-14(2,3)4/h8,11H,5-7H2,1-4H3,(H,15,17)(H,16,20)(H,18,19). The van der Waals surface area contributed by atoms with Crippen LogP contribution in [0.2, 0.25) is 0 Å². The molecule has 0 fully saturated rings. The van der Waals surface area contributed by atoms with Gasteiger partial charge in [-0.1, -0.05) is 0 Å². The normalized spacial score (nSPS) is 12.8. The third-order valence-corrected chi connectivity index (χ3v) is 2.83. The van der Waals surface area contributed by atoms with Crippen molar-refractivity contribution in [2.45, 2.75) is 58.6 Å². The van der Waals surface area contributed by atoms with E-state index in [1.165, 1.54) is 0 Å². The number of hydrogen-bond donors (Lipinski definition) is 3. The van der Waals surface area contributed by atoms with Gasteiger partial charge in [-0.25, -0.2) is 4.79 Å². The summed E-state index contributed by atoms with van der Waals surface area (Å²) in [6.07, 6.45) is 1.96. The number of nitrogens with one attached hydrogen (secondary N) is 2. The van der Waals surface area contributed by atoms with Crippen LogP contribution in [-0.4, -0.2) is 39.0 Å². The SMILES string of the molecule is Cc1[nH]ncc1CC(CCC(=O)O)NC(=O)OC(C)(C)C. The van der Waals surface area contributed by atoms with Gasteiger partial charge >= 0.3 is 12.1 Å². The fourth-order valence-corrected chi connectivity index (χ4v) is 1.84. The Morgan fingerprint density at radius 1 is 1.48 bits per heavy atom. The van der Waals surface area contributed by atoms with Gasteiger partial charge in [0.25, 0.3) is 0 Å². The number of aromatic amines is 1. The van der Waals surface area contributed by atoms with Crippen molar-refractivity contribution >= 4 is 12.1 Å². The molecule has 1 aromatic heterocycles. The largest absolute Gasteiger partial charge is 0.481 e. The number of aromatic nitrogens is 2. The van der Waals surface area contributed by atoms with Crippen molar-refractivity contribution in [2.24, 2.45) is 0 Å². The Bertz CT molecular complexity index is 491. The molecule has 7 heteroatoms. The molecular formula is C14H23N3O4. The minimum Gasteiger partial charge on any atom is -0.481 e. The van der Waals surface area contributed by atoms with E-state index in [0.29, 0.717) is 12.8 Å². The average Bonchev–Trinajstić information content (AvgIpc) is 2.69. The second kappa shape index (κ2) is 7.10. The van der Waals surface area contributed by atoms with E-state index in [-0.39, 0.29) is 12.5 Å². The first kappa shape index (κ1) is 17.0. The van der Waals surface area contributed by atoms with Crippen LogP contribution in [0.3, 0.4) is 0 Å². The zero-order chi connectivity index (χ0) is 16.0. The molecule has 0 radical (unpaired) electrons. The van der Waals surface area contributed by atoms with Gasteiger partial charge in [0.1, 0.15) is 5.60 Å². The van der Waals surface area contributed by atoms with E-state index in [0.717, 1.165) is 11.3 Å². The van der Waals surface area contributed by atoms with Gasteiger partial charge in [-0.15, -0.1) is 0 Å². The Morgan fingerprint density at radius 3 is 2.62 bits per heavy atom. The quantitative estimate of drug-likeness (QED) is 0.745. The number of aryl methyl sites for hydroxylation is 1. The number of alkyl carbamates (subject to hydrolysis) is 1. The van der Waals surface area contributed by atoms with Gasteiger partial charge in [0.15, 0.2) is 0 Å². The van der Waals surface area contributed by atoms with Gasteiger partial charge in [-0.2, -0.15) is 5.10 Å². The van der Waals surface area contributed by atoms with Crippen molar-refractivity contribution < 1.29 is 19.4 Å². The number of ether oxygens (including phenoxy) is 1. The average molecular weight is 297 g/mol. The summed E-state index contributed by atoms with van der Waals surface area (Å²) in [4.78, 5) is 22.5. The molecule has 0 aliphatic carbocycles. The molecule has 7 nitrogen and oxygen atoms in total. The van der Waals surface area contributed by atoms with Crippen LogP contribution in [0.5, 0.6) is 0 Å². The number of carbonyl (C=O) groups is 2. The number of nitrogens with zero attached hydrogens (tertiary/aromatic N) is 1. The third-order valence-electron chi connectivity index (χ3n) is 2.83. The summed E-state index contributed by atoms with van der Waals surface area (Å²) < 4.78 is 5.20. The molecule has 118 valence electrons. The van der Waals surface area contributed by atoms with Crippen molar-refractivity contribution in [3.05, 3.63) is 17.5 Å². The van der Waals surface area contributed by atoms with Crippen LogP contribution in [0.15, 0.2) is 6.20 Å². The highest BCUT2D eigenvalue weighted by Crippen LogP contribution is 2.12. The molecule has 0 aliphatic heterocycles. The molecule has 0 aliphatic rings. The van der Waals surface area contributed by atoms with Gasteiger partial charge < -0.3 is 15.2 Å². The van der Waals surface area contributed by atoms with Gasteiger partial charge in [-0.05, 0) is 46.1 Å². The smallest absolute Gasteiger partial charge is 0.407 e. The van der Waals surface area contributed by atoms with E-state index in [1.807, 2.05) is 6.92 Å². The lowest BCUT2D eigenvalue weighted by Gasteiger charge is -2.23. The Balaban J connectivity index is 2.66. The first-order valence-electron chi connectivity index (χ1n) is 6.87. The molecule has 1 rings (SSSR count). The number of amides is 1. The zero-order valence-electron chi connectivity index (χ0n) is 12.9. The monoisotopic (exact) mass is 297 g/mol. The molecule has 21 heavy (non-hydrogen) atoms. The number of carbonyl (C=O) groups excluding carboxylic acids is 1. The lowest BCUT2D eigenvalue weighted by Crippen LogP contribution is -2.40. The van der Waals surface area contributed by atoms with E-state index < -0.39 is 17.7 Å². The fourth-order valence-electron chi connectivity index (χ4n) is 1.84. The van der Waals surface area contributed by atoms with Crippen molar-refractivity contribution in [3.8, 4) is 0 Å². The molecule has 0 spiro atoms. The van der Waals surface area contributed by atoms with Crippen molar-refractivity contribution in [1.82, 2.24) is 15.5 Å². The van der Waals surface area contributed by atoms with Crippen LogP contribution < -0.4 is 5.32 Å². The Kier molecular flexibility index (Phi) is 5.75. The van der Waals surface area contributed by atoms with E-state index in [2.05, 4.69) is 15.5 Å². The van der Waals surface area contributed by atoms with Crippen molar-refractivity contribution in [3.63, 3.8) is 0 Å². The van der Waals surface area contributed by atoms with Gasteiger partial charge in [0.05, 0.1) is 6.20 Å². The number of aliphatic carboxylic acids is 1. The maximum atomic E-state index is 11.8. The summed E-state index contributed by atoms with van der Waals surface area (Å²) in [6.45, 7) is 7.21. The van der Waals surface area contributed by atoms with E-state index in [1.54, 1.807) is 27.0 Å². The molecule has 1 amide bonds. The van der Waals surface area contributed by atoms with Crippen LogP contribution in [0.25, 0.3) is 0 Å². The van der Waals surface area contributed by atoms with Crippen molar-refractivity contribution in [2.75, 3.05) is 0 Å². The second-order valence-electron chi connectivity index (χ2n) is 6.00. The highest BCUT2D eigenvalue weighted by Gasteiger charge is 2.21. The lowest BCUT2D eigenvalue weighted by molar-refractivity contribution is -0.137. The molecule has 0 aromatic carbocycles. The van der Waals surface area contributed by atoms with Gasteiger partial charge in [0, 0.05) is 18.2 Å². The van der Waals surface area contributed by atoms with Crippen LogP contribution >= 0.6 is 0 Å². The Morgan fingerprint density at radius 2 is 2.14 bits per heavy atom. The molecule has 1 unspecified atom stereocenters. The maximum absolute atomic E-state index is 11.8. The summed E-state index contributed by atoms with van der Waals surface area (Å²) in [6, 6.07) is -0.313. The number of hydrogen-bond acceptors (Lipinski definition) is 4. The van der Waals surface area contributed by atoms with Gasteiger partial charge in [-0.3, -0.25) is 9.89 Å². The Labute approximate surface area is 124 Å². The molecule has 0 saturated carbocycles. The number of H-pyrrole nitrogens is 1.